The van der Waals surface area contributed by atoms with Crippen LogP contribution in [-0.4, -0.2) is 33.0 Å². The maximum atomic E-state index is 13.9. The van der Waals surface area contributed by atoms with E-state index in [0.29, 0.717) is 33.6 Å². The van der Waals surface area contributed by atoms with Gasteiger partial charge in [-0.15, -0.1) is 10.2 Å². The summed E-state index contributed by atoms with van der Waals surface area (Å²) in [4.78, 5) is 12.2. The Kier molecular flexibility index (Phi) is 7.91. The van der Waals surface area contributed by atoms with Gasteiger partial charge in [-0.3, -0.25) is 4.79 Å². The number of aromatic nitrogens is 3. The molecule has 0 atom stereocenters. The molecule has 0 unspecified atom stereocenters. The minimum absolute atomic E-state index is 0.0643. The molecule has 0 radical (unpaired) electrons. The standard InChI is InChI=1S/C21H22BrFN4O3S/c1-4-29-18-9-13(2)5-8-17(18)30-11-19-25-26-21(27(19)3)31-12-20(28)24-16-7-6-14(22)10-15(16)23/h5-10H,4,11-12H2,1-3H3,(H,24,28). The van der Waals surface area contributed by atoms with Gasteiger partial charge in [-0.25, -0.2) is 4.39 Å². The number of amides is 1. The summed E-state index contributed by atoms with van der Waals surface area (Å²) < 4.78 is 27.7. The van der Waals surface area contributed by atoms with Crippen molar-refractivity contribution in [3.05, 3.63) is 58.1 Å². The Morgan fingerprint density at radius 1 is 1.19 bits per heavy atom. The van der Waals surface area contributed by atoms with E-state index in [-0.39, 0.29) is 24.0 Å². The lowest BCUT2D eigenvalue weighted by molar-refractivity contribution is -0.113. The summed E-state index contributed by atoms with van der Waals surface area (Å²) in [5.41, 5.74) is 1.21. The Morgan fingerprint density at radius 3 is 2.74 bits per heavy atom. The maximum Gasteiger partial charge on any atom is 0.234 e. The van der Waals surface area contributed by atoms with Crippen LogP contribution in [0.3, 0.4) is 0 Å². The molecule has 0 fully saturated rings. The van der Waals surface area contributed by atoms with Crippen molar-refractivity contribution in [2.75, 3.05) is 17.7 Å². The second-order valence-electron chi connectivity index (χ2n) is 6.59. The van der Waals surface area contributed by atoms with E-state index in [1.807, 2.05) is 32.0 Å². The van der Waals surface area contributed by atoms with Crippen molar-refractivity contribution in [1.82, 2.24) is 14.8 Å². The minimum Gasteiger partial charge on any atom is -0.490 e. The topological polar surface area (TPSA) is 78.3 Å². The summed E-state index contributed by atoms with van der Waals surface area (Å²) in [5.74, 6) is 1.12. The molecule has 2 aromatic carbocycles. The Balaban J connectivity index is 1.57. The zero-order valence-electron chi connectivity index (χ0n) is 17.3. The summed E-state index contributed by atoms with van der Waals surface area (Å²) >= 11 is 4.39. The largest absolute Gasteiger partial charge is 0.490 e. The van der Waals surface area contributed by atoms with Gasteiger partial charge in [0, 0.05) is 11.5 Å². The van der Waals surface area contributed by atoms with Gasteiger partial charge >= 0.3 is 0 Å². The maximum absolute atomic E-state index is 13.9. The highest BCUT2D eigenvalue weighted by molar-refractivity contribution is 9.10. The number of nitrogens with zero attached hydrogens (tertiary/aromatic N) is 3. The first-order valence-corrected chi connectivity index (χ1v) is 11.3. The lowest BCUT2D eigenvalue weighted by atomic mass is 10.2. The van der Waals surface area contributed by atoms with Gasteiger partial charge in [0.25, 0.3) is 0 Å². The van der Waals surface area contributed by atoms with Gasteiger partial charge in [-0.2, -0.15) is 0 Å². The Labute approximate surface area is 192 Å². The van der Waals surface area contributed by atoms with E-state index in [1.165, 1.54) is 23.9 Å². The Hall–Kier alpha value is -2.59. The van der Waals surface area contributed by atoms with Crippen LogP contribution in [0, 0.1) is 12.7 Å². The van der Waals surface area contributed by atoms with Gasteiger partial charge in [0.05, 0.1) is 18.0 Å². The summed E-state index contributed by atoms with van der Waals surface area (Å²) in [6.07, 6.45) is 0. The van der Waals surface area contributed by atoms with Crippen LogP contribution < -0.4 is 14.8 Å². The monoisotopic (exact) mass is 508 g/mol. The number of nitrogens with one attached hydrogen (secondary N) is 1. The van der Waals surface area contributed by atoms with Crippen LogP contribution in [0.15, 0.2) is 46.0 Å². The second-order valence-corrected chi connectivity index (χ2v) is 8.45. The fourth-order valence-corrected chi connectivity index (χ4v) is 3.71. The molecular formula is C21H22BrFN4O3S. The molecule has 164 valence electrons. The molecule has 1 aromatic heterocycles. The molecule has 0 spiro atoms. The summed E-state index contributed by atoms with van der Waals surface area (Å²) in [6, 6.07) is 10.2. The highest BCUT2D eigenvalue weighted by atomic mass is 79.9. The van der Waals surface area contributed by atoms with Crippen molar-refractivity contribution >= 4 is 39.3 Å². The van der Waals surface area contributed by atoms with Gasteiger partial charge in [0.15, 0.2) is 22.5 Å². The summed E-state index contributed by atoms with van der Waals surface area (Å²) in [5, 5.41) is 11.4. The molecule has 0 saturated heterocycles. The van der Waals surface area contributed by atoms with Gasteiger partial charge in [-0.05, 0) is 49.7 Å². The summed E-state index contributed by atoms with van der Waals surface area (Å²) in [6.45, 7) is 4.64. The van der Waals surface area contributed by atoms with E-state index < -0.39 is 5.82 Å². The van der Waals surface area contributed by atoms with Crippen LogP contribution in [0.5, 0.6) is 11.5 Å². The predicted octanol–water partition coefficient (Wildman–Crippen LogP) is 4.73. The number of carbonyl (C=O) groups excluding carboxylic acids is 1. The quantitative estimate of drug-likeness (QED) is 0.420. The molecule has 0 aliphatic carbocycles. The molecule has 0 saturated carbocycles. The SMILES string of the molecule is CCOc1cc(C)ccc1OCc1nnc(SCC(=O)Nc2ccc(Br)cc2F)n1C. The normalized spacial score (nSPS) is 10.7. The number of hydrogen-bond donors (Lipinski definition) is 1. The molecule has 0 aliphatic heterocycles. The van der Waals surface area contributed by atoms with Crippen LogP contribution in [-0.2, 0) is 18.4 Å². The molecular weight excluding hydrogens is 487 g/mol. The number of carbonyl (C=O) groups is 1. The number of aryl methyl sites for hydroxylation is 1. The van der Waals surface area contributed by atoms with E-state index >= 15 is 0 Å². The van der Waals surface area contributed by atoms with Crippen LogP contribution >= 0.6 is 27.7 Å². The minimum atomic E-state index is -0.506. The number of hydrogen-bond acceptors (Lipinski definition) is 6. The van der Waals surface area contributed by atoms with Crippen LogP contribution in [0.2, 0.25) is 0 Å². The van der Waals surface area contributed by atoms with Gasteiger partial charge < -0.3 is 19.4 Å². The van der Waals surface area contributed by atoms with Gasteiger partial charge in [0.2, 0.25) is 5.91 Å². The smallest absolute Gasteiger partial charge is 0.234 e. The highest BCUT2D eigenvalue weighted by Crippen LogP contribution is 2.29. The number of halogens is 2. The second kappa shape index (κ2) is 10.6. The molecule has 10 heteroatoms. The van der Waals surface area contributed by atoms with Crippen molar-refractivity contribution < 1.29 is 18.7 Å². The molecule has 31 heavy (non-hydrogen) atoms. The molecule has 1 N–H and O–H groups in total. The molecule has 3 rings (SSSR count). The third-order valence-electron chi connectivity index (χ3n) is 4.22. The average molecular weight is 509 g/mol. The lowest BCUT2D eigenvalue weighted by Gasteiger charge is -2.12. The molecule has 1 heterocycles. The summed E-state index contributed by atoms with van der Waals surface area (Å²) in [7, 11) is 1.80. The van der Waals surface area contributed by atoms with Crippen LogP contribution in [0.25, 0.3) is 0 Å². The fraction of sp³-hybridized carbons (Fsp3) is 0.286. The third-order valence-corrected chi connectivity index (χ3v) is 5.73. The number of benzene rings is 2. The molecule has 1 amide bonds. The molecule has 3 aromatic rings. The average Bonchev–Trinajstić information content (AvgIpc) is 3.08. The van der Waals surface area contributed by atoms with E-state index in [0.717, 1.165) is 5.56 Å². The number of rotatable bonds is 9. The Morgan fingerprint density at radius 2 is 2.00 bits per heavy atom. The zero-order valence-corrected chi connectivity index (χ0v) is 19.7. The van der Waals surface area contributed by atoms with Crippen LogP contribution in [0.1, 0.15) is 18.3 Å². The van der Waals surface area contributed by atoms with Crippen molar-refractivity contribution in [2.24, 2.45) is 7.05 Å². The highest BCUT2D eigenvalue weighted by Gasteiger charge is 2.14. The van der Waals surface area contributed by atoms with Crippen molar-refractivity contribution in [3.8, 4) is 11.5 Å². The first-order valence-electron chi connectivity index (χ1n) is 9.49. The fourth-order valence-electron chi connectivity index (χ4n) is 2.65. The number of thioether (sulfide) groups is 1. The number of ether oxygens (including phenoxy) is 2. The zero-order chi connectivity index (χ0) is 22.4. The van der Waals surface area contributed by atoms with E-state index in [9.17, 15) is 9.18 Å². The van der Waals surface area contributed by atoms with Crippen LogP contribution in [0.4, 0.5) is 10.1 Å². The first-order chi connectivity index (χ1) is 14.9. The molecule has 0 aliphatic rings. The van der Waals surface area contributed by atoms with Crippen molar-refractivity contribution in [3.63, 3.8) is 0 Å². The predicted molar refractivity (Wildman–Crippen MR) is 121 cm³/mol. The van der Waals surface area contributed by atoms with Crippen molar-refractivity contribution in [1.29, 1.82) is 0 Å². The van der Waals surface area contributed by atoms with Gasteiger partial charge in [0.1, 0.15) is 12.4 Å². The number of anilines is 1. The first kappa shape index (κ1) is 23.1. The van der Waals surface area contributed by atoms with E-state index in [2.05, 4.69) is 31.4 Å². The molecule has 0 bridgehead atoms. The third kappa shape index (κ3) is 6.20. The Bertz CT molecular complexity index is 1080. The van der Waals surface area contributed by atoms with Crippen molar-refractivity contribution in [2.45, 2.75) is 25.6 Å². The van der Waals surface area contributed by atoms with E-state index in [4.69, 9.17) is 9.47 Å². The van der Waals surface area contributed by atoms with Gasteiger partial charge in [-0.1, -0.05) is 33.8 Å². The lowest BCUT2D eigenvalue weighted by Crippen LogP contribution is -2.15. The van der Waals surface area contributed by atoms with E-state index in [1.54, 1.807) is 17.7 Å². The molecule has 7 nitrogen and oxygen atoms in total.